The molecule has 3 aromatic rings. The van der Waals surface area contributed by atoms with Gasteiger partial charge < -0.3 is 4.74 Å². The maximum absolute atomic E-state index is 12.3. The topological polar surface area (TPSA) is 141 Å². The van der Waals surface area contributed by atoms with Gasteiger partial charge in [0.05, 0.1) is 29.9 Å². The molecule has 0 aliphatic rings. The summed E-state index contributed by atoms with van der Waals surface area (Å²) in [5.41, 5.74) is 3.45. The second kappa shape index (κ2) is 9.08. The zero-order valence-electron chi connectivity index (χ0n) is 17.6. The van der Waals surface area contributed by atoms with Gasteiger partial charge in [0.1, 0.15) is 0 Å². The Balaban J connectivity index is 1.70. The van der Waals surface area contributed by atoms with Crippen molar-refractivity contribution in [2.75, 3.05) is 22.9 Å². The number of hydrogen-bond acceptors (Lipinski definition) is 8. The minimum Gasteiger partial charge on any atom is -0.449 e. The third-order valence-electron chi connectivity index (χ3n) is 4.39. The Morgan fingerprint density at radius 3 is 2.65 bits per heavy atom. The highest BCUT2D eigenvalue weighted by Gasteiger charge is 2.18. The van der Waals surface area contributed by atoms with Crippen molar-refractivity contribution in [3.8, 4) is 11.4 Å². The normalized spacial score (nSPS) is 11.2. The van der Waals surface area contributed by atoms with Crippen molar-refractivity contribution in [1.29, 1.82) is 0 Å². The summed E-state index contributed by atoms with van der Waals surface area (Å²) >= 11 is 0. The molecule has 0 radical (unpaired) electrons. The number of nitrogens with one attached hydrogen (secondary N) is 2. The van der Waals surface area contributed by atoms with Crippen LogP contribution < -0.4 is 10.0 Å². The van der Waals surface area contributed by atoms with E-state index in [0.29, 0.717) is 35.0 Å². The second-order valence-electron chi connectivity index (χ2n) is 6.87. The smallest absolute Gasteiger partial charge is 0.412 e. The number of aryl methyl sites for hydroxylation is 3. The third-order valence-corrected chi connectivity index (χ3v) is 4.98. The highest BCUT2D eigenvalue weighted by Crippen LogP contribution is 2.26. The molecule has 3 heterocycles. The summed E-state index contributed by atoms with van der Waals surface area (Å²) in [6.45, 7) is 3.74. The average Bonchev–Trinajstić information content (AvgIpc) is 3.04. The van der Waals surface area contributed by atoms with Gasteiger partial charge in [-0.1, -0.05) is 11.3 Å². The minimum absolute atomic E-state index is 0.183. The number of anilines is 2. The molecule has 0 fully saturated rings. The first-order valence-corrected chi connectivity index (χ1v) is 11.2. The van der Waals surface area contributed by atoms with Crippen LogP contribution in [0.15, 0.2) is 30.5 Å². The number of carbonyl (C=O) groups is 1. The number of pyridine rings is 2. The van der Waals surface area contributed by atoms with Crippen molar-refractivity contribution in [3.63, 3.8) is 0 Å². The lowest BCUT2D eigenvalue weighted by Crippen LogP contribution is -2.18. The largest absolute Gasteiger partial charge is 0.449 e. The lowest BCUT2D eigenvalue weighted by molar-refractivity contribution is 0.162. The number of carbonyl (C=O) groups excluding carboxylic acids is 1. The Kier molecular flexibility index (Phi) is 6.49. The first kappa shape index (κ1) is 22.2. The molecule has 0 unspecified atom stereocenters. The first-order chi connectivity index (χ1) is 14.6. The number of rotatable bonds is 7. The van der Waals surface area contributed by atoms with Crippen LogP contribution in [-0.2, 0) is 28.2 Å². The third kappa shape index (κ3) is 5.75. The Morgan fingerprint density at radius 2 is 1.97 bits per heavy atom. The van der Waals surface area contributed by atoms with Gasteiger partial charge >= 0.3 is 6.09 Å². The van der Waals surface area contributed by atoms with Gasteiger partial charge in [-0.2, -0.15) is 0 Å². The number of sulfonamides is 1. The van der Waals surface area contributed by atoms with E-state index in [9.17, 15) is 13.2 Å². The molecule has 3 aromatic heterocycles. The van der Waals surface area contributed by atoms with Crippen LogP contribution in [-0.4, -0.2) is 52.3 Å². The van der Waals surface area contributed by atoms with E-state index in [-0.39, 0.29) is 6.61 Å². The number of aromatic nitrogens is 5. The summed E-state index contributed by atoms with van der Waals surface area (Å²) in [6.07, 6.45) is 2.66. The van der Waals surface area contributed by atoms with Crippen molar-refractivity contribution in [2.24, 2.45) is 7.05 Å². The highest BCUT2D eigenvalue weighted by molar-refractivity contribution is 7.92. The van der Waals surface area contributed by atoms with E-state index in [1.807, 2.05) is 19.1 Å². The summed E-state index contributed by atoms with van der Waals surface area (Å²) in [5, 5.41) is 10.6. The molecule has 2 N–H and O–H groups in total. The number of nitrogens with zero attached hydrogens (tertiary/aromatic N) is 5. The van der Waals surface area contributed by atoms with Crippen LogP contribution in [0.25, 0.3) is 11.4 Å². The summed E-state index contributed by atoms with van der Waals surface area (Å²) in [6, 6.07) is 6.93. The van der Waals surface area contributed by atoms with Gasteiger partial charge in [0.25, 0.3) is 0 Å². The summed E-state index contributed by atoms with van der Waals surface area (Å²) in [4.78, 5) is 20.9. The standard InChI is InChI=1S/C19H23N7O4S/c1-12-14(6-5-10-20-12)9-11-30-19(27)22-18-17(23-25-26(18)3)16-8-7-15(13(2)21-16)24-31(4,28)29/h5-8,10,24H,9,11H2,1-4H3,(H,22,27). The van der Waals surface area contributed by atoms with Crippen LogP contribution >= 0.6 is 0 Å². The predicted octanol–water partition coefficient (Wildman–Crippen LogP) is 2.05. The fourth-order valence-electron chi connectivity index (χ4n) is 2.84. The Hall–Kier alpha value is -3.54. The molecule has 12 heteroatoms. The summed E-state index contributed by atoms with van der Waals surface area (Å²) < 4.78 is 32.0. The van der Waals surface area contributed by atoms with Crippen molar-refractivity contribution in [3.05, 3.63) is 47.4 Å². The van der Waals surface area contributed by atoms with Gasteiger partial charge in [-0.15, -0.1) is 5.10 Å². The SMILES string of the molecule is Cc1ncccc1CCOC(=O)Nc1c(-c2ccc(NS(C)(=O)=O)c(C)n2)nnn1C. The van der Waals surface area contributed by atoms with Crippen LogP contribution in [0, 0.1) is 13.8 Å². The molecule has 1 amide bonds. The second-order valence-corrected chi connectivity index (χ2v) is 8.62. The van der Waals surface area contributed by atoms with Crippen LogP contribution in [0.3, 0.4) is 0 Å². The van der Waals surface area contributed by atoms with Crippen molar-refractivity contribution in [2.45, 2.75) is 20.3 Å². The van der Waals surface area contributed by atoms with Gasteiger partial charge in [-0.25, -0.2) is 22.9 Å². The number of hydrogen-bond donors (Lipinski definition) is 2. The molecule has 0 spiro atoms. The quantitative estimate of drug-likeness (QED) is 0.563. The molecular formula is C19H23N7O4S. The molecule has 0 bridgehead atoms. The lowest BCUT2D eigenvalue weighted by atomic mass is 10.1. The maximum atomic E-state index is 12.3. The van der Waals surface area contributed by atoms with Crippen LogP contribution in [0.2, 0.25) is 0 Å². The molecule has 31 heavy (non-hydrogen) atoms. The van der Waals surface area contributed by atoms with E-state index in [1.54, 1.807) is 32.3 Å². The van der Waals surface area contributed by atoms with Gasteiger partial charge in [0.2, 0.25) is 10.0 Å². The van der Waals surface area contributed by atoms with E-state index in [4.69, 9.17) is 4.74 Å². The molecule has 3 rings (SSSR count). The first-order valence-electron chi connectivity index (χ1n) is 9.34. The van der Waals surface area contributed by atoms with Crippen molar-refractivity contribution < 1.29 is 17.9 Å². The molecule has 11 nitrogen and oxygen atoms in total. The molecule has 0 aliphatic heterocycles. The number of amides is 1. The molecule has 0 saturated heterocycles. The molecule has 0 saturated carbocycles. The van der Waals surface area contributed by atoms with Gasteiger partial charge in [0, 0.05) is 25.4 Å². The molecular weight excluding hydrogens is 422 g/mol. The Bertz CT molecular complexity index is 1210. The van der Waals surface area contributed by atoms with E-state index < -0.39 is 16.1 Å². The predicted molar refractivity (Wildman–Crippen MR) is 115 cm³/mol. The number of ether oxygens (including phenoxy) is 1. The fourth-order valence-corrected chi connectivity index (χ4v) is 3.45. The minimum atomic E-state index is -3.43. The van der Waals surface area contributed by atoms with Crippen LogP contribution in [0.4, 0.5) is 16.3 Å². The monoisotopic (exact) mass is 445 g/mol. The highest BCUT2D eigenvalue weighted by atomic mass is 32.2. The van der Waals surface area contributed by atoms with Gasteiger partial charge in [-0.3, -0.25) is 15.0 Å². The fraction of sp³-hybridized carbons (Fsp3) is 0.316. The molecule has 0 aliphatic carbocycles. The molecule has 0 aromatic carbocycles. The average molecular weight is 446 g/mol. The van der Waals surface area contributed by atoms with E-state index >= 15 is 0 Å². The van der Waals surface area contributed by atoms with Gasteiger partial charge in [-0.05, 0) is 37.6 Å². The Morgan fingerprint density at radius 1 is 1.19 bits per heavy atom. The summed E-state index contributed by atoms with van der Waals surface area (Å²) in [7, 11) is -1.81. The lowest BCUT2D eigenvalue weighted by Gasteiger charge is -2.10. The van der Waals surface area contributed by atoms with Crippen LogP contribution in [0.5, 0.6) is 0 Å². The Labute approximate surface area is 179 Å². The molecule has 164 valence electrons. The van der Waals surface area contributed by atoms with E-state index in [1.165, 1.54) is 4.68 Å². The summed E-state index contributed by atoms with van der Waals surface area (Å²) in [5.74, 6) is 0.304. The van der Waals surface area contributed by atoms with Crippen molar-refractivity contribution >= 4 is 27.6 Å². The molecule has 0 atom stereocenters. The zero-order chi connectivity index (χ0) is 22.6. The van der Waals surface area contributed by atoms with E-state index in [2.05, 4.69) is 30.3 Å². The van der Waals surface area contributed by atoms with E-state index in [0.717, 1.165) is 17.5 Å². The van der Waals surface area contributed by atoms with Crippen LogP contribution in [0.1, 0.15) is 17.0 Å². The zero-order valence-corrected chi connectivity index (χ0v) is 18.4. The maximum Gasteiger partial charge on any atom is 0.412 e. The van der Waals surface area contributed by atoms with Gasteiger partial charge in [0.15, 0.2) is 11.5 Å². The van der Waals surface area contributed by atoms with Crippen molar-refractivity contribution in [1.82, 2.24) is 25.0 Å².